The molecule has 4 heteroatoms. The molecule has 1 aliphatic rings. The number of amides is 1. The van der Waals surface area contributed by atoms with Crippen LogP contribution in [0.25, 0.3) is 0 Å². The lowest BCUT2D eigenvalue weighted by molar-refractivity contribution is -0.132. The van der Waals surface area contributed by atoms with Crippen molar-refractivity contribution in [2.75, 3.05) is 31.1 Å². The van der Waals surface area contributed by atoms with Gasteiger partial charge < -0.3 is 10.2 Å². The van der Waals surface area contributed by atoms with Gasteiger partial charge >= 0.3 is 0 Å². The molecule has 118 valence electrons. The summed E-state index contributed by atoms with van der Waals surface area (Å²) < 4.78 is 0. The summed E-state index contributed by atoms with van der Waals surface area (Å²) in [5.41, 5.74) is 0. The van der Waals surface area contributed by atoms with Gasteiger partial charge in [-0.2, -0.15) is 11.8 Å². The fourth-order valence-corrected chi connectivity index (χ4v) is 3.23. The van der Waals surface area contributed by atoms with Crippen LogP contribution in [0, 0.1) is 11.8 Å². The molecule has 1 atom stereocenters. The van der Waals surface area contributed by atoms with Gasteiger partial charge in [0.1, 0.15) is 0 Å². The zero-order valence-electron chi connectivity index (χ0n) is 13.7. The summed E-state index contributed by atoms with van der Waals surface area (Å²) in [7, 11) is 0. The molecule has 0 bridgehead atoms. The predicted molar refractivity (Wildman–Crippen MR) is 89.2 cm³/mol. The van der Waals surface area contributed by atoms with Crippen LogP contribution in [0.4, 0.5) is 0 Å². The van der Waals surface area contributed by atoms with Crippen LogP contribution < -0.4 is 5.32 Å². The van der Waals surface area contributed by atoms with Gasteiger partial charge in [-0.15, -0.1) is 0 Å². The van der Waals surface area contributed by atoms with E-state index in [1.165, 1.54) is 5.75 Å². The first-order valence-corrected chi connectivity index (χ1v) is 9.23. The maximum atomic E-state index is 12.5. The molecule has 20 heavy (non-hydrogen) atoms. The Morgan fingerprint density at radius 1 is 1.20 bits per heavy atom. The van der Waals surface area contributed by atoms with Crippen molar-refractivity contribution in [2.24, 2.45) is 11.8 Å². The van der Waals surface area contributed by atoms with Gasteiger partial charge in [-0.05, 0) is 24.7 Å². The number of carbonyl (C=O) groups excluding carboxylic acids is 1. The number of hydrogen-bond acceptors (Lipinski definition) is 3. The lowest BCUT2D eigenvalue weighted by Gasteiger charge is -2.28. The Hall–Kier alpha value is -0.220. The minimum Gasteiger partial charge on any atom is -0.343 e. The molecule has 1 N–H and O–H groups in total. The molecule has 0 aromatic rings. The van der Waals surface area contributed by atoms with Gasteiger partial charge in [-0.1, -0.05) is 27.7 Å². The number of nitrogens with one attached hydrogen (secondary N) is 1. The van der Waals surface area contributed by atoms with Crippen LogP contribution >= 0.6 is 11.8 Å². The molecule has 1 amide bonds. The van der Waals surface area contributed by atoms with Crippen LogP contribution in [0.1, 0.15) is 47.0 Å². The molecule has 1 saturated heterocycles. The fourth-order valence-electron chi connectivity index (χ4n) is 2.28. The van der Waals surface area contributed by atoms with Gasteiger partial charge in [0.2, 0.25) is 5.91 Å². The number of carbonyl (C=O) groups is 1. The van der Waals surface area contributed by atoms with Crippen molar-refractivity contribution in [1.82, 2.24) is 10.2 Å². The highest BCUT2D eigenvalue weighted by molar-refractivity contribution is 7.99. The highest BCUT2D eigenvalue weighted by Gasteiger charge is 2.21. The van der Waals surface area contributed by atoms with E-state index < -0.39 is 0 Å². The first-order valence-electron chi connectivity index (χ1n) is 8.08. The van der Waals surface area contributed by atoms with Crippen LogP contribution in [0.3, 0.4) is 0 Å². The molecule has 0 radical (unpaired) electrons. The third-order valence-corrected chi connectivity index (χ3v) is 4.86. The van der Waals surface area contributed by atoms with Crippen molar-refractivity contribution >= 4 is 17.7 Å². The third kappa shape index (κ3) is 7.53. The number of thioether (sulfide) groups is 1. The summed E-state index contributed by atoms with van der Waals surface area (Å²) >= 11 is 1.96. The molecule has 0 spiro atoms. The van der Waals surface area contributed by atoms with Crippen molar-refractivity contribution in [1.29, 1.82) is 0 Å². The molecule has 1 unspecified atom stereocenters. The van der Waals surface area contributed by atoms with E-state index >= 15 is 0 Å². The van der Waals surface area contributed by atoms with Crippen LogP contribution in [-0.2, 0) is 4.79 Å². The molecule has 0 aliphatic carbocycles. The van der Waals surface area contributed by atoms with Crippen LogP contribution in [0.2, 0.25) is 0 Å². The Morgan fingerprint density at radius 2 is 1.80 bits per heavy atom. The minimum atomic E-state index is 0.339. The Labute approximate surface area is 129 Å². The van der Waals surface area contributed by atoms with Crippen molar-refractivity contribution in [3.05, 3.63) is 0 Å². The Morgan fingerprint density at radius 3 is 2.25 bits per heavy atom. The molecule has 1 fully saturated rings. The maximum absolute atomic E-state index is 12.5. The van der Waals surface area contributed by atoms with Crippen LogP contribution in [-0.4, -0.2) is 48.0 Å². The summed E-state index contributed by atoms with van der Waals surface area (Å²) in [5.74, 6) is 3.91. The first-order chi connectivity index (χ1) is 9.49. The molecule has 0 saturated carbocycles. The standard InChI is InChI=1S/C16H32N2OS/c1-13(2)5-8-18(9-6-14(3)4)16(19)11-15-12-20-10-7-17-15/h13-15,17H,5-12H2,1-4H3. The van der Waals surface area contributed by atoms with E-state index in [1.54, 1.807) is 0 Å². The second kappa shape index (κ2) is 9.67. The Kier molecular flexibility index (Phi) is 8.62. The van der Waals surface area contributed by atoms with E-state index in [9.17, 15) is 4.79 Å². The normalized spacial score (nSPS) is 19.6. The van der Waals surface area contributed by atoms with Crippen molar-refractivity contribution in [2.45, 2.75) is 53.0 Å². The molecule has 0 aromatic carbocycles. The van der Waals surface area contributed by atoms with Crippen LogP contribution in [0.15, 0.2) is 0 Å². The summed E-state index contributed by atoms with van der Waals surface area (Å²) in [6, 6.07) is 0.377. The van der Waals surface area contributed by atoms with E-state index in [1.807, 2.05) is 11.8 Å². The van der Waals surface area contributed by atoms with Gasteiger partial charge in [-0.3, -0.25) is 4.79 Å². The van der Waals surface area contributed by atoms with Gasteiger partial charge in [0.25, 0.3) is 0 Å². The van der Waals surface area contributed by atoms with E-state index in [0.717, 1.165) is 38.2 Å². The number of rotatable bonds is 8. The summed E-state index contributed by atoms with van der Waals surface area (Å²) in [6.07, 6.45) is 2.89. The van der Waals surface area contributed by atoms with Crippen molar-refractivity contribution in [3.8, 4) is 0 Å². The maximum Gasteiger partial charge on any atom is 0.224 e. The molecule has 0 aromatic heterocycles. The lowest BCUT2D eigenvalue weighted by atomic mass is 10.1. The smallest absolute Gasteiger partial charge is 0.224 e. The predicted octanol–water partition coefficient (Wildman–Crippen LogP) is 3.00. The van der Waals surface area contributed by atoms with Gasteiger partial charge in [-0.25, -0.2) is 0 Å². The second-order valence-electron chi connectivity index (χ2n) is 6.68. The summed E-state index contributed by atoms with van der Waals surface area (Å²) in [6.45, 7) is 11.8. The zero-order valence-corrected chi connectivity index (χ0v) is 14.5. The third-order valence-electron chi connectivity index (χ3n) is 3.72. The summed E-state index contributed by atoms with van der Waals surface area (Å²) in [5, 5.41) is 3.47. The monoisotopic (exact) mass is 300 g/mol. The molecule has 3 nitrogen and oxygen atoms in total. The van der Waals surface area contributed by atoms with Crippen molar-refractivity contribution in [3.63, 3.8) is 0 Å². The molecule has 1 heterocycles. The van der Waals surface area contributed by atoms with E-state index in [-0.39, 0.29) is 0 Å². The average Bonchev–Trinajstić information content (AvgIpc) is 2.39. The SMILES string of the molecule is CC(C)CCN(CCC(C)C)C(=O)CC1CSCCN1. The number of nitrogens with zero attached hydrogens (tertiary/aromatic N) is 1. The molecule has 1 aliphatic heterocycles. The largest absolute Gasteiger partial charge is 0.343 e. The van der Waals surface area contributed by atoms with E-state index in [2.05, 4.69) is 37.9 Å². The van der Waals surface area contributed by atoms with E-state index in [4.69, 9.17) is 0 Å². The summed E-state index contributed by atoms with van der Waals surface area (Å²) in [4.78, 5) is 14.6. The molecule has 1 rings (SSSR count). The Balaban J connectivity index is 2.43. The quantitative estimate of drug-likeness (QED) is 0.748. The number of hydrogen-bond donors (Lipinski definition) is 1. The van der Waals surface area contributed by atoms with Gasteiger partial charge in [0, 0.05) is 43.6 Å². The topological polar surface area (TPSA) is 32.3 Å². The van der Waals surface area contributed by atoms with Crippen LogP contribution in [0.5, 0.6) is 0 Å². The molecular weight excluding hydrogens is 268 g/mol. The zero-order chi connectivity index (χ0) is 15.0. The van der Waals surface area contributed by atoms with Gasteiger partial charge in [0.05, 0.1) is 0 Å². The highest BCUT2D eigenvalue weighted by atomic mass is 32.2. The highest BCUT2D eigenvalue weighted by Crippen LogP contribution is 2.13. The van der Waals surface area contributed by atoms with E-state index in [0.29, 0.717) is 30.2 Å². The first kappa shape index (κ1) is 17.8. The fraction of sp³-hybridized carbons (Fsp3) is 0.938. The Bertz CT molecular complexity index is 264. The average molecular weight is 301 g/mol. The minimum absolute atomic E-state index is 0.339. The second-order valence-corrected chi connectivity index (χ2v) is 7.83. The lowest BCUT2D eigenvalue weighted by Crippen LogP contribution is -2.43. The molecular formula is C16H32N2OS. The van der Waals surface area contributed by atoms with Gasteiger partial charge in [0.15, 0.2) is 0 Å². The van der Waals surface area contributed by atoms with Crippen molar-refractivity contribution < 1.29 is 4.79 Å².